The first-order chi connectivity index (χ1) is 19.7. The van der Waals surface area contributed by atoms with Gasteiger partial charge in [0.15, 0.2) is 11.5 Å². The molecule has 5 rings (SSSR count). The van der Waals surface area contributed by atoms with E-state index in [9.17, 15) is 19.5 Å². The fourth-order valence-electron chi connectivity index (χ4n) is 6.47. The van der Waals surface area contributed by atoms with Gasteiger partial charge in [0.05, 0.1) is 19.6 Å². The lowest BCUT2D eigenvalue weighted by atomic mass is 9.81. The number of imide groups is 1. The van der Waals surface area contributed by atoms with Crippen molar-refractivity contribution >= 4 is 29.5 Å². The number of methoxy groups -OCH3 is 1. The van der Waals surface area contributed by atoms with Gasteiger partial charge in [-0.25, -0.2) is 4.79 Å². The Kier molecular flexibility index (Phi) is 9.04. The molecule has 1 N–H and O–H groups in total. The average molecular weight is 584 g/mol. The summed E-state index contributed by atoms with van der Waals surface area (Å²) in [6.45, 7) is 2.05. The second-order valence-electron chi connectivity index (χ2n) is 11.4. The van der Waals surface area contributed by atoms with Crippen LogP contribution in [0, 0.1) is 11.8 Å². The molecule has 0 bridgehead atoms. The fraction of sp³-hybridized carbons (Fsp3) is 0.516. The number of carboxylic acids is 1. The zero-order valence-electron chi connectivity index (χ0n) is 23.7. The quantitative estimate of drug-likeness (QED) is 0.372. The number of rotatable bonds is 11. The van der Waals surface area contributed by atoms with Gasteiger partial charge in [-0.15, -0.1) is 0 Å². The minimum atomic E-state index is -0.678. The number of nitrogens with zero attached hydrogens (tertiary/aromatic N) is 3. The van der Waals surface area contributed by atoms with E-state index in [4.69, 9.17) is 21.1 Å². The van der Waals surface area contributed by atoms with E-state index in [1.165, 1.54) is 20.9 Å². The Morgan fingerprint density at radius 2 is 1.85 bits per heavy atom. The Bertz CT molecular complexity index is 1290. The molecule has 220 valence electrons. The summed E-state index contributed by atoms with van der Waals surface area (Å²) in [5, 5.41) is 10.2. The van der Waals surface area contributed by atoms with E-state index in [-0.39, 0.29) is 43.6 Å². The first-order valence-corrected chi connectivity index (χ1v) is 14.7. The van der Waals surface area contributed by atoms with Crippen molar-refractivity contribution in [3.63, 3.8) is 0 Å². The molecule has 2 aromatic carbocycles. The SMILES string of the molecule is COc1cc(CN(CC2CCC(C(=O)O)CC2)C2CCc3cc(Cl)ccc32)ccc1OCCN1C(=O)CN(C)C1=O. The molecule has 1 atom stereocenters. The molecule has 41 heavy (non-hydrogen) atoms. The van der Waals surface area contributed by atoms with E-state index in [1.54, 1.807) is 14.2 Å². The maximum absolute atomic E-state index is 12.1. The molecule has 10 heteroatoms. The van der Waals surface area contributed by atoms with Crippen molar-refractivity contribution in [1.82, 2.24) is 14.7 Å². The number of hydrogen-bond donors (Lipinski definition) is 1. The molecule has 2 aromatic rings. The number of hydrogen-bond acceptors (Lipinski definition) is 6. The third kappa shape index (κ3) is 6.62. The van der Waals surface area contributed by atoms with Gasteiger partial charge in [0.1, 0.15) is 13.2 Å². The predicted molar refractivity (Wildman–Crippen MR) is 154 cm³/mol. The molecule has 9 nitrogen and oxygen atoms in total. The molecule has 0 radical (unpaired) electrons. The fourth-order valence-corrected chi connectivity index (χ4v) is 6.66. The summed E-state index contributed by atoms with van der Waals surface area (Å²) in [6, 6.07) is 12.0. The number of aliphatic carboxylic acids is 1. The third-order valence-electron chi connectivity index (χ3n) is 8.70. The number of carbonyl (C=O) groups excluding carboxylic acids is 2. The number of ether oxygens (including phenoxy) is 2. The van der Waals surface area contributed by atoms with E-state index in [0.29, 0.717) is 24.0 Å². The van der Waals surface area contributed by atoms with Gasteiger partial charge in [-0.3, -0.25) is 19.4 Å². The van der Waals surface area contributed by atoms with Crippen molar-refractivity contribution in [1.29, 1.82) is 0 Å². The third-order valence-corrected chi connectivity index (χ3v) is 8.93. The Hall–Kier alpha value is -3.30. The molecular weight excluding hydrogens is 546 g/mol. The van der Waals surface area contributed by atoms with Crippen molar-refractivity contribution < 1.29 is 29.0 Å². The van der Waals surface area contributed by atoms with Gasteiger partial charge in [0, 0.05) is 31.2 Å². The molecule has 1 aliphatic heterocycles. The molecular formula is C31H38ClN3O6. The Morgan fingerprint density at radius 3 is 2.54 bits per heavy atom. The van der Waals surface area contributed by atoms with Crippen LogP contribution in [-0.4, -0.2) is 78.1 Å². The first kappa shape index (κ1) is 29.2. The lowest BCUT2D eigenvalue weighted by Crippen LogP contribution is -2.35. The summed E-state index contributed by atoms with van der Waals surface area (Å²) in [4.78, 5) is 40.8. The lowest BCUT2D eigenvalue weighted by Gasteiger charge is -2.35. The Morgan fingerprint density at radius 1 is 1.07 bits per heavy atom. The summed E-state index contributed by atoms with van der Waals surface area (Å²) >= 11 is 6.29. The normalized spacial score (nSPS) is 22.4. The van der Waals surface area contributed by atoms with Crippen LogP contribution in [0.2, 0.25) is 5.02 Å². The van der Waals surface area contributed by atoms with Gasteiger partial charge < -0.3 is 19.5 Å². The highest BCUT2D eigenvalue weighted by Crippen LogP contribution is 2.40. The van der Waals surface area contributed by atoms with Crippen molar-refractivity contribution in [3.8, 4) is 11.5 Å². The van der Waals surface area contributed by atoms with Crippen LogP contribution in [0.5, 0.6) is 11.5 Å². The largest absolute Gasteiger partial charge is 0.493 e. The topological polar surface area (TPSA) is 99.6 Å². The van der Waals surface area contributed by atoms with Crippen LogP contribution in [0.25, 0.3) is 0 Å². The highest BCUT2D eigenvalue weighted by Gasteiger charge is 2.34. The van der Waals surface area contributed by atoms with Crippen molar-refractivity contribution in [3.05, 3.63) is 58.1 Å². The number of carboxylic acid groups (broad SMARTS) is 1. The smallest absolute Gasteiger partial charge is 0.327 e. The van der Waals surface area contributed by atoms with E-state index in [1.807, 2.05) is 24.3 Å². The van der Waals surface area contributed by atoms with E-state index in [0.717, 1.165) is 55.7 Å². The van der Waals surface area contributed by atoms with Crippen molar-refractivity contribution in [2.24, 2.45) is 11.8 Å². The van der Waals surface area contributed by atoms with Gasteiger partial charge in [-0.1, -0.05) is 23.7 Å². The van der Waals surface area contributed by atoms with Gasteiger partial charge >= 0.3 is 12.0 Å². The number of carbonyl (C=O) groups is 3. The highest BCUT2D eigenvalue weighted by molar-refractivity contribution is 6.30. The van der Waals surface area contributed by atoms with Crippen LogP contribution >= 0.6 is 11.6 Å². The maximum atomic E-state index is 12.1. The van der Waals surface area contributed by atoms with Gasteiger partial charge in [0.25, 0.3) is 0 Å². The minimum Gasteiger partial charge on any atom is -0.493 e. The molecule has 1 unspecified atom stereocenters. The highest BCUT2D eigenvalue weighted by atomic mass is 35.5. The van der Waals surface area contributed by atoms with Gasteiger partial charge in [0.2, 0.25) is 5.91 Å². The van der Waals surface area contributed by atoms with Crippen LogP contribution in [0.4, 0.5) is 4.79 Å². The summed E-state index contributed by atoms with van der Waals surface area (Å²) in [5.41, 5.74) is 3.70. The van der Waals surface area contributed by atoms with Crippen molar-refractivity contribution in [2.75, 3.05) is 40.4 Å². The van der Waals surface area contributed by atoms with Crippen LogP contribution in [0.3, 0.4) is 0 Å². The maximum Gasteiger partial charge on any atom is 0.327 e. The molecule has 3 aliphatic rings. The van der Waals surface area contributed by atoms with Gasteiger partial charge in [-0.2, -0.15) is 0 Å². The first-order valence-electron chi connectivity index (χ1n) is 14.3. The van der Waals surface area contributed by atoms with E-state index >= 15 is 0 Å². The summed E-state index contributed by atoms with van der Waals surface area (Å²) in [5.74, 6) is 0.468. The van der Waals surface area contributed by atoms with Crippen LogP contribution in [0.1, 0.15) is 54.8 Å². The van der Waals surface area contributed by atoms with Gasteiger partial charge in [-0.05, 0) is 85.4 Å². The molecule has 1 saturated heterocycles. The summed E-state index contributed by atoms with van der Waals surface area (Å²) < 4.78 is 11.6. The molecule has 1 saturated carbocycles. The van der Waals surface area contributed by atoms with E-state index < -0.39 is 5.97 Å². The number of fused-ring (bicyclic) bond motifs is 1. The molecule has 0 spiro atoms. The summed E-state index contributed by atoms with van der Waals surface area (Å²) in [6.07, 6.45) is 5.30. The molecule has 3 amide bonds. The van der Waals surface area contributed by atoms with Crippen LogP contribution < -0.4 is 9.47 Å². The molecule has 1 heterocycles. The second kappa shape index (κ2) is 12.7. The average Bonchev–Trinajstić information content (AvgIpc) is 3.48. The molecule has 2 fully saturated rings. The minimum absolute atomic E-state index is 0.0901. The molecule has 0 aromatic heterocycles. The monoisotopic (exact) mass is 583 g/mol. The second-order valence-corrected chi connectivity index (χ2v) is 11.8. The van der Waals surface area contributed by atoms with Crippen LogP contribution in [0.15, 0.2) is 36.4 Å². The zero-order chi connectivity index (χ0) is 29.1. The Labute approximate surface area is 245 Å². The number of halogens is 1. The standard InChI is InChI=1S/C31H38ClN3O6/c1-33-19-29(36)35(31(33)39)13-14-41-27-12-5-21(15-28(27)40-2)18-34(17-20-3-6-22(7-4-20)30(37)38)26-11-8-23-16-24(32)9-10-25(23)26/h5,9-10,12,15-16,20,22,26H,3-4,6-8,11,13-14,17-19H2,1-2H3,(H,37,38). The zero-order valence-corrected chi connectivity index (χ0v) is 24.4. The Balaban J connectivity index is 1.29. The number of benzene rings is 2. The summed E-state index contributed by atoms with van der Waals surface area (Å²) in [7, 11) is 3.20. The number of urea groups is 1. The van der Waals surface area contributed by atoms with E-state index in [2.05, 4.69) is 17.0 Å². The lowest BCUT2D eigenvalue weighted by molar-refractivity contribution is -0.143. The number of likely N-dealkylation sites (N-methyl/N-ethyl adjacent to an activating group) is 1. The number of aryl methyl sites for hydroxylation is 1. The van der Waals surface area contributed by atoms with Crippen LogP contribution in [-0.2, 0) is 22.6 Å². The predicted octanol–water partition coefficient (Wildman–Crippen LogP) is 5.00. The van der Waals surface area contributed by atoms with Crippen molar-refractivity contribution in [2.45, 2.75) is 51.1 Å². The molecule has 2 aliphatic carbocycles. The number of amides is 3.